The zero-order chi connectivity index (χ0) is 14.4. The normalized spacial score (nSPS) is 17.9. The first-order valence-corrected chi connectivity index (χ1v) is 6.86. The van der Waals surface area contributed by atoms with Gasteiger partial charge in [0.1, 0.15) is 11.3 Å². The highest BCUT2D eigenvalue weighted by Crippen LogP contribution is 2.26. The Hall–Kier alpha value is -2.27. The van der Waals surface area contributed by atoms with E-state index >= 15 is 0 Å². The molecule has 2 N–H and O–H groups in total. The van der Waals surface area contributed by atoms with Gasteiger partial charge in [0.15, 0.2) is 11.6 Å². The molecule has 0 radical (unpaired) electrons. The summed E-state index contributed by atoms with van der Waals surface area (Å²) in [6.07, 6.45) is 0.778. The van der Waals surface area contributed by atoms with Gasteiger partial charge in [0.05, 0.1) is 11.6 Å². The first-order chi connectivity index (χ1) is 10.2. The largest absolute Gasteiger partial charge is 0.341 e. The van der Waals surface area contributed by atoms with Gasteiger partial charge in [0.2, 0.25) is 0 Å². The van der Waals surface area contributed by atoms with E-state index in [9.17, 15) is 8.78 Å². The summed E-state index contributed by atoms with van der Waals surface area (Å²) in [4.78, 5) is 7.32. The molecule has 1 aliphatic rings. The van der Waals surface area contributed by atoms with Crippen molar-refractivity contribution in [2.24, 2.45) is 0 Å². The number of halogens is 2. The predicted molar refractivity (Wildman–Crippen MR) is 75.7 cm³/mol. The Bertz CT molecular complexity index is 826. The first kappa shape index (κ1) is 12.5. The van der Waals surface area contributed by atoms with Crippen LogP contribution in [-0.4, -0.2) is 9.97 Å². The number of hydrogen-bond donors (Lipinski definition) is 2. The molecule has 4 rings (SSSR count). The van der Waals surface area contributed by atoms with Crippen LogP contribution in [0.5, 0.6) is 0 Å². The van der Waals surface area contributed by atoms with Crippen LogP contribution in [0, 0.1) is 11.6 Å². The number of hydrogen-bond acceptors (Lipinski definition) is 2. The van der Waals surface area contributed by atoms with E-state index in [1.54, 1.807) is 0 Å². The molecule has 2 heterocycles. The summed E-state index contributed by atoms with van der Waals surface area (Å²) in [5.41, 5.74) is 3.10. The van der Waals surface area contributed by atoms with Gasteiger partial charge in [-0.2, -0.15) is 0 Å². The molecule has 1 aliphatic heterocycles. The molecule has 2 aromatic carbocycles. The van der Waals surface area contributed by atoms with Gasteiger partial charge in [-0.1, -0.05) is 24.3 Å². The molecule has 0 fully saturated rings. The van der Waals surface area contributed by atoms with Crippen LogP contribution in [0.25, 0.3) is 11.0 Å². The molecular weight excluding hydrogens is 272 g/mol. The fourth-order valence-corrected chi connectivity index (χ4v) is 2.85. The van der Waals surface area contributed by atoms with Crippen molar-refractivity contribution in [3.63, 3.8) is 0 Å². The molecule has 21 heavy (non-hydrogen) atoms. The van der Waals surface area contributed by atoms with Crippen molar-refractivity contribution in [3.05, 3.63) is 65.0 Å². The Labute approximate surface area is 120 Å². The summed E-state index contributed by atoms with van der Waals surface area (Å²) in [6, 6.07) is 10.8. The summed E-state index contributed by atoms with van der Waals surface area (Å²) in [6.45, 7) is 0.745. The minimum atomic E-state index is -0.897. The van der Waals surface area contributed by atoms with Crippen LogP contribution in [-0.2, 0) is 13.0 Å². The van der Waals surface area contributed by atoms with Crippen molar-refractivity contribution in [2.45, 2.75) is 19.0 Å². The summed E-state index contributed by atoms with van der Waals surface area (Å²) >= 11 is 0. The lowest BCUT2D eigenvalue weighted by atomic mass is 9.96. The molecule has 106 valence electrons. The second kappa shape index (κ2) is 4.63. The summed E-state index contributed by atoms with van der Waals surface area (Å²) in [7, 11) is 0. The number of nitrogens with zero attached hydrogens (tertiary/aromatic N) is 1. The summed E-state index contributed by atoms with van der Waals surface area (Å²) < 4.78 is 27.0. The fraction of sp³-hybridized carbons (Fsp3) is 0.188. The molecule has 1 aromatic heterocycles. The zero-order valence-electron chi connectivity index (χ0n) is 11.2. The van der Waals surface area contributed by atoms with Crippen LogP contribution in [0.4, 0.5) is 8.78 Å². The monoisotopic (exact) mass is 285 g/mol. The third-order valence-corrected chi connectivity index (χ3v) is 3.98. The van der Waals surface area contributed by atoms with Gasteiger partial charge in [0, 0.05) is 6.54 Å². The van der Waals surface area contributed by atoms with E-state index in [4.69, 9.17) is 0 Å². The Balaban J connectivity index is 1.73. The van der Waals surface area contributed by atoms with E-state index in [-0.39, 0.29) is 11.6 Å². The molecule has 0 bridgehead atoms. The van der Waals surface area contributed by atoms with E-state index < -0.39 is 11.6 Å². The third-order valence-electron chi connectivity index (χ3n) is 3.98. The predicted octanol–water partition coefficient (Wildman–Crippen LogP) is 3.23. The van der Waals surface area contributed by atoms with Gasteiger partial charge in [0.25, 0.3) is 0 Å². The number of H-pyrrole nitrogens is 1. The quantitative estimate of drug-likeness (QED) is 0.720. The lowest BCUT2D eigenvalue weighted by Crippen LogP contribution is -2.29. The first-order valence-electron chi connectivity index (χ1n) is 6.86. The van der Waals surface area contributed by atoms with Crippen molar-refractivity contribution in [1.82, 2.24) is 15.3 Å². The Kier molecular flexibility index (Phi) is 2.75. The maximum absolute atomic E-state index is 13.7. The van der Waals surface area contributed by atoms with Gasteiger partial charge < -0.3 is 10.3 Å². The van der Waals surface area contributed by atoms with Gasteiger partial charge >= 0.3 is 0 Å². The lowest BCUT2D eigenvalue weighted by Gasteiger charge is -2.24. The van der Waals surface area contributed by atoms with Crippen LogP contribution < -0.4 is 5.32 Å². The molecule has 3 aromatic rings. The minimum Gasteiger partial charge on any atom is -0.341 e. The molecule has 5 heteroatoms. The number of benzene rings is 2. The van der Waals surface area contributed by atoms with Crippen LogP contribution in [0.15, 0.2) is 36.4 Å². The molecule has 0 amide bonds. The average Bonchev–Trinajstić information content (AvgIpc) is 2.95. The second-order valence-electron chi connectivity index (χ2n) is 5.29. The van der Waals surface area contributed by atoms with E-state index in [1.807, 2.05) is 12.1 Å². The van der Waals surface area contributed by atoms with Crippen molar-refractivity contribution in [2.75, 3.05) is 0 Å². The number of aromatic amines is 1. The van der Waals surface area contributed by atoms with Crippen LogP contribution in [0.2, 0.25) is 0 Å². The lowest BCUT2D eigenvalue weighted by molar-refractivity contribution is 0.480. The van der Waals surface area contributed by atoms with Crippen LogP contribution in [0.3, 0.4) is 0 Å². The number of aromatic nitrogens is 2. The molecule has 1 atom stereocenters. The Morgan fingerprint density at radius 3 is 2.71 bits per heavy atom. The van der Waals surface area contributed by atoms with E-state index in [0.29, 0.717) is 11.3 Å². The van der Waals surface area contributed by atoms with Crippen molar-refractivity contribution >= 4 is 11.0 Å². The van der Waals surface area contributed by atoms with E-state index in [0.717, 1.165) is 19.0 Å². The van der Waals surface area contributed by atoms with Gasteiger partial charge in [-0.25, -0.2) is 13.8 Å². The average molecular weight is 285 g/mol. The summed E-state index contributed by atoms with van der Waals surface area (Å²) in [5.74, 6) is -1.13. The van der Waals surface area contributed by atoms with Crippen LogP contribution in [0.1, 0.15) is 23.0 Å². The molecule has 3 nitrogen and oxygen atoms in total. The highest BCUT2D eigenvalue weighted by Gasteiger charge is 2.23. The van der Waals surface area contributed by atoms with Crippen LogP contribution >= 0.6 is 0 Å². The van der Waals surface area contributed by atoms with Gasteiger partial charge in [-0.05, 0) is 29.7 Å². The highest BCUT2D eigenvalue weighted by molar-refractivity contribution is 5.75. The van der Waals surface area contributed by atoms with Crippen molar-refractivity contribution < 1.29 is 8.78 Å². The number of nitrogens with one attached hydrogen (secondary N) is 2. The molecule has 0 saturated carbocycles. The van der Waals surface area contributed by atoms with Gasteiger partial charge in [-0.15, -0.1) is 0 Å². The van der Waals surface area contributed by atoms with Gasteiger partial charge in [-0.3, -0.25) is 0 Å². The Morgan fingerprint density at radius 1 is 1.05 bits per heavy atom. The summed E-state index contributed by atoms with van der Waals surface area (Å²) in [5, 5.41) is 3.38. The van der Waals surface area contributed by atoms with E-state index in [2.05, 4.69) is 27.4 Å². The molecule has 0 spiro atoms. The Morgan fingerprint density at radius 2 is 1.86 bits per heavy atom. The SMILES string of the molecule is Fc1ccc2[nH]c(C3Cc4ccccc4CN3)nc2c1F. The molecular formula is C16H13F2N3. The zero-order valence-corrected chi connectivity index (χ0v) is 11.2. The topological polar surface area (TPSA) is 40.7 Å². The van der Waals surface area contributed by atoms with Crippen molar-refractivity contribution in [3.8, 4) is 0 Å². The smallest absolute Gasteiger partial charge is 0.186 e. The fourth-order valence-electron chi connectivity index (χ4n) is 2.85. The highest BCUT2D eigenvalue weighted by atomic mass is 19.2. The third kappa shape index (κ3) is 2.01. The molecule has 0 aliphatic carbocycles. The van der Waals surface area contributed by atoms with E-state index in [1.165, 1.54) is 17.2 Å². The number of rotatable bonds is 1. The number of imidazole rings is 1. The maximum atomic E-state index is 13.7. The second-order valence-corrected chi connectivity index (χ2v) is 5.29. The van der Waals surface area contributed by atoms with Crippen molar-refractivity contribution in [1.29, 1.82) is 0 Å². The number of fused-ring (bicyclic) bond motifs is 2. The molecule has 0 saturated heterocycles. The molecule has 1 unspecified atom stereocenters. The minimum absolute atomic E-state index is 0.0187. The maximum Gasteiger partial charge on any atom is 0.186 e. The standard InChI is InChI=1S/C16H13F2N3/c17-11-5-6-12-15(14(11)18)21-16(20-12)13-7-9-3-1-2-4-10(9)8-19-13/h1-6,13,19H,7-8H2,(H,20,21).